The fourth-order valence-electron chi connectivity index (χ4n) is 1.61. The molecule has 0 spiro atoms. The first kappa shape index (κ1) is 13.0. The summed E-state index contributed by atoms with van der Waals surface area (Å²) in [7, 11) is 0. The summed E-state index contributed by atoms with van der Waals surface area (Å²) in [6.45, 7) is 0. The lowest BCUT2D eigenvalue weighted by atomic mass is 10.0. The lowest BCUT2D eigenvalue weighted by Crippen LogP contribution is -2.02. The second-order valence-corrected chi connectivity index (χ2v) is 4.28. The number of ketones is 1. The van der Waals surface area contributed by atoms with Crippen LogP contribution in [0, 0.1) is 5.82 Å². The van der Waals surface area contributed by atoms with E-state index in [1.54, 1.807) is 24.5 Å². The zero-order valence-electron chi connectivity index (χ0n) is 9.16. The van der Waals surface area contributed by atoms with Gasteiger partial charge >= 0.3 is 0 Å². The summed E-state index contributed by atoms with van der Waals surface area (Å²) < 4.78 is 14.0. The number of aromatic nitrogens is 1. The van der Waals surface area contributed by atoms with Gasteiger partial charge in [0.2, 0.25) is 0 Å². The molecule has 0 bridgehead atoms. The van der Waals surface area contributed by atoms with Gasteiger partial charge in [0.25, 0.3) is 0 Å². The van der Waals surface area contributed by atoms with Gasteiger partial charge in [-0.15, -0.1) is 11.6 Å². The molecule has 0 fully saturated rings. The maximum absolute atomic E-state index is 14.0. The Morgan fingerprint density at radius 1 is 1.28 bits per heavy atom. The minimum atomic E-state index is -0.554. The Morgan fingerprint density at radius 2 is 1.94 bits per heavy atom. The summed E-state index contributed by atoms with van der Waals surface area (Å²) >= 11 is 11.4. The third kappa shape index (κ3) is 2.52. The van der Waals surface area contributed by atoms with Crippen LogP contribution in [0.4, 0.5) is 4.39 Å². The smallest absolute Gasteiger partial charge is 0.177 e. The third-order valence-electron chi connectivity index (χ3n) is 2.45. The normalized spacial score (nSPS) is 10.4. The molecule has 0 aliphatic carbocycles. The van der Waals surface area contributed by atoms with Gasteiger partial charge in [-0.05, 0) is 29.8 Å². The molecule has 2 nitrogen and oxygen atoms in total. The first-order valence-electron chi connectivity index (χ1n) is 5.12. The first-order chi connectivity index (χ1) is 8.63. The van der Waals surface area contributed by atoms with E-state index in [1.807, 2.05) is 0 Å². The molecule has 0 saturated carbocycles. The Labute approximate surface area is 113 Å². The SMILES string of the molecule is O=C(CCl)c1cc(F)c(-c2ccncc2)c(Cl)c1. The van der Waals surface area contributed by atoms with Crippen LogP contribution in [0.15, 0.2) is 36.7 Å². The molecule has 92 valence electrons. The van der Waals surface area contributed by atoms with Crippen molar-refractivity contribution < 1.29 is 9.18 Å². The molecule has 0 aliphatic rings. The number of carbonyl (C=O) groups is 1. The van der Waals surface area contributed by atoms with Gasteiger partial charge in [0.05, 0.1) is 10.9 Å². The summed E-state index contributed by atoms with van der Waals surface area (Å²) in [5.41, 5.74) is 1.04. The predicted octanol–water partition coefficient (Wildman–Crippen LogP) is 3.96. The molecule has 5 heteroatoms. The topological polar surface area (TPSA) is 30.0 Å². The molecular formula is C13H8Cl2FNO. The van der Waals surface area contributed by atoms with Crippen LogP contribution in [0.2, 0.25) is 5.02 Å². The van der Waals surface area contributed by atoms with E-state index in [0.717, 1.165) is 6.07 Å². The van der Waals surface area contributed by atoms with E-state index in [2.05, 4.69) is 4.98 Å². The third-order valence-corrected chi connectivity index (χ3v) is 3.00. The molecule has 18 heavy (non-hydrogen) atoms. The highest BCUT2D eigenvalue weighted by molar-refractivity contribution is 6.34. The number of rotatable bonds is 3. The van der Waals surface area contributed by atoms with Crippen molar-refractivity contribution in [3.05, 3.63) is 53.1 Å². The maximum Gasteiger partial charge on any atom is 0.177 e. The number of halogens is 3. The second-order valence-electron chi connectivity index (χ2n) is 3.61. The van der Waals surface area contributed by atoms with Crippen molar-refractivity contribution >= 4 is 29.0 Å². The van der Waals surface area contributed by atoms with Crippen molar-refractivity contribution in [2.75, 3.05) is 5.88 Å². The Bertz CT molecular complexity index is 564. The predicted molar refractivity (Wildman–Crippen MR) is 69.7 cm³/mol. The fraction of sp³-hybridized carbons (Fsp3) is 0.0769. The van der Waals surface area contributed by atoms with Crippen molar-refractivity contribution in [1.82, 2.24) is 4.98 Å². The average molecular weight is 284 g/mol. The van der Waals surface area contributed by atoms with E-state index < -0.39 is 5.82 Å². The summed E-state index contributed by atoms with van der Waals surface area (Å²) in [5.74, 6) is -1.12. The van der Waals surface area contributed by atoms with E-state index in [-0.39, 0.29) is 27.8 Å². The van der Waals surface area contributed by atoms with Crippen molar-refractivity contribution in [1.29, 1.82) is 0 Å². The summed E-state index contributed by atoms with van der Waals surface area (Å²) in [5, 5.41) is 0.176. The number of nitrogens with zero attached hydrogens (tertiary/aromatic N) is 1. The van der Waals surface area contributed by atoms with Gasteiger partial charge < -0.3 is 0 Å². The van der Waals surface area contributed by atoms with Gasteiger partial charge in [-0.1, -0.05) is 11.6 Å². The Balaban J connectivity index is 2.55. The number of alkyl halides is 1. The fourth-order valence-corrected chi connectivity index (χ4v) is 2.08. The van der Waals surface area contributed by atoms with Crippen molar-refractivity contribution in [3.63, 3.8) is 0 Å². The zero-order chi connectivity index (χ0) is 13.1. The number of Topliss-reactive ketones (excluding diaryl/α,β-unsaturated/α-hetero) is 1. The van der Waals surface area contributed by atoms with Crippen molar-refractivity contribution in [2.24, 2.45) is 0 Å². The highest BCUT2D eigenvalue weighted by Gasteiger charge is 2.14. The van der Waals surface area contributed by atoms with E-state index in [9.17, 15) is 9.18 Å². The van der Waals surface area contributed by atoms with Crippen molar-refractivity contribution in [3.8, 4) is 11.1 Å². The van der Waals surface area contributed by atoms with Crippen LogP contribution in [-0.4, -0.2) is 16.6 Å². The van der Waals surface area contributed by atoms with Gasteiger partial charge in [0, 0.05) is 23.5 Å². The summed E-state index contributed by atoms with van der Waals surface area (Å²) in [4.78, 5) is 15.3. The number of pyridine rings is 1. The van der Waals surface area contributed by atoms with Gasteiger partial charge in [-0.25, -0.2) is 4.39 Å². The molecule has 0 unspecified atom stereocenters. The maximum atomic E-state index is 14.0. The molecule has 1 heterocycles. The first-order valence-corrected chi connectivity index (χ1v) is 6.03. The molecule has 0 amide bonds. The van der Waals surface area contributed by atoms with E-state index in [0.29, 0.717) is 5.56 Å². The number of benzene rings is 1. The molecule has 0 N–H and O–H groups in total. The Hall–Kier alpha value is -1.45. The van der Waals surface area contributed by atoms with Gasteiger partial charge in [-0.3, -0.25) is 9.78 Å². The minimum Gasteiger partial charge on any atom is -0.293 e. The lowest BCUT2D eigenvalue weighted by molar-refractivity contribution is 0.102. The second kappa shape index (κ2) is 5.46. The summed E-state index contributed by atoms with van der Waals surface area (Å²) in [6.07, 6.45) is 3.09. The molecule has 1 aromatic carbocycles. The van der Waals surface area contributed by atoms with Gasteiger partial charge in [0.1, 0.15) is 5.82 Å². The molecule has 0 atom stereocenters. The molecule has 0 saturated heterocycles. The molecular weight excluding hydrogens is 276 g/mol. The molecule has 0 aliphatic heterocycles. The Morgan fingerprint density at radius 3 is 2.50 bits per heavy atom. The van der Waals surface area contributed by atoms with Crippen LogP contribution in [0.1, 0.15) is 10.4 Å². The van der Waals surface area contributed by atoms with Crippen LogP contribution in [0.3, 0.4) is 0 Å². The van der Waals surface area contributed by atoms with Crippen LogP contribution in [0.5, 0.6) is 0 Å². The van der Waals surface area contributed by atoms with Gasteiger partial charge in [-0.2, -0.15) is 0 Å². The van der Waals surface area contributed by atoms with E-state index >= 15 is 0 Å². The highest BCUT2D eigenvalue weighted by atomic mass is 35.5. The van der Waals surface area contributed by atoms with Crippen LogP contribution in [-0.2, 0) is 0 Å². The highest BCUT2D eigenvalue weighted by Crippen LogP contribution is 2.31. The standard InChI is InChI=1S/C13H8Cl2FNO/c14-7-12(18)9-5-10(15)13(11(16)6-9)8-1-3-17-4-2-8/h1-6H,7H2. The molecule has 2 rings (SSSR count). The number of carbonyl (C=O) groups excluding carboxylic acids is 1. The number of hydrogen-bond donors (Lipinski definition) is 0. The van der Waals surface area contributed by atoms with Gasteiger partial charge in [0.15, 0.2) is 5.78 Å². The van der Waals surface area contributed by atoms with E-state index in [4.69, 9.17) is 23.2 Å². The zero-order valence-corrected chi connectivity index (χ0v) is 10.7. The van der Waals surface area contributed by atoms with Crippen molar-refractivity contribution in [2.45, 2.75) is 0 Å². The Kier molecular flexibility index (Phi) is 3.94. The minimum absolute atomic E-state index is 0.172. The average Bonchev–Trinajstić information content (AvgIpc) is 2.38. The molecule has 1 aromatic heterocycles. The van der Waals surface area contributed by atoms with Crippen LogP contribution >= 0.6 is 23.2 Å². The summed E-state index contributed by atoms with van der Waals surface area (Å²) in [6, 6.07) is 5.86. The molecule has 2 aromatic rings. The monoisotopic (exact) mass is 283 g/mol. The number of hydrogen-bond acceptors (Lipinski definition) is 2. The van der Waals surface area contributed by atoms with Crippen LogP contribution in [0.25, 0.3) is 11.1 Å². The largest absolute Gasteiger partial charge is 0.293 e. The van der Waals surface area contributed by atoms with Crippen LogP contribution < -0.4 is 0 Å². The lowest BCUT2D eigenvalue weighted by Gasteiger charge is -2.08. The quantitative estimate of drug-likeness (QED) is 0.630. The van der Waals surface area contributed by atoms with E-state index in [1.165, 1.54) is 6.07 Å². The molecule has 0 radical (unpaired) electrons.